The van der Waals surface area contributed by atoms with Gasteiger partial charge in [-0.3, -0.25) is 19.3 Å². The number of nitrogens with zero attached hydrogens (tertiary/aromatic N) is 6. The van der Waals surface area contributed by atoms with E-state index in [1.165, 1.54) is 0 Å². The number of likely N-dealkylation sites (N-methyl/N-ethyl adjacent to an activating group) is 1. The lowest BCUT2D eigenvalue weighted by molar-refractivity contribution is -0.129. The minimum absolute atomic E-state index is 0.0195. The van der Waals surface area contributed by atoms with Crippen LogP contribution in [-0.4, -0.2) is 67.5 Å². The molecule has 2 amide bonds. The van der Waals surface area contributed by atoms with Crippen molar-refractivity contribution in [1.29, 1.82) is 0 Å². The summed E-state index contributed by atoms with van der Waals surface area (Å²) in [6.07, 6.45) is 7.54. The Hall–Kier alpha value is -2.77. The minimum Gasteiger partial charge on any atom is -0.341 e. The molecular formula is C21H30N6O2. The van der Waals surface area contributed by atoms with Crippen molar-refractivity contribution in [2.24, 2.45) is 5.41 Å². The summed E-state index contributed by atoms with van der Waals surface area (Å²) in [5.74, 6) is 0.00990. The summed E-state index contributed by atoms with van der Waals surface area (Å²) in [5, 5.41) is 4.15. The number of aryl methyl sites for hydroxylation is 1. The van der Waals surface area contributed by atoms with Crippen molar-refractivity contribution in [3.8, 4) is 0 Å². The Morgan fingerprint density at radius 2 is 2.10 bits per heavy atom. The molecule has 2 aromatic heterocycles. The number of amides is 2. The summed E-state index contributed by atoms with van der Waals surface area (Å²) in [7, 11) is 1.79. The molecule has 0 spiro atoms. The van der Waals surface area contributed by atoms with Gasteiger partial charge in [0.05, 0.1) is 11.6 Å². The van der Waals surface area contributed by atoms with Crippen molar-refractivity contribution in [1.82, 2.24) is 29.5 Å². The average Bonchev–Trinajstić information content (AvgIpc) is 3.37. The van der Waals surface area contributed by atoms with Gasteiger partial charge in [0.25, 0.3) is 5.91 Å². The standard InChI is InChI=1S/C21H30N6O2/c1-16(28)25(4)19-7-9-26(13-19)20(29)17-5-6-18(23-12-17)11-21(2,3)8-10-27-15-22-14-24-27/h5-6,12,14-15,19H,7-11,13H2,1-4H3/t19-/m0/s1. The normalized spacial score (nSPS) is 16.8. The Kier molecular flexibility index (Phi) is 6.30. The van der Waals surface area contributed by atoms with Crippen LogP contribution in [0.25, 0.3) is 0 Å². The van der Waals surface area contributed by atoms with Gasteiger partial charge in [-0.15, -0.1) is 0 Å². The van der Waals surface area contributed by atoms with Crippen molar-refractivity contribution in [2.45, 2.75) is 52.6 Å². The Balaban J connectivity index is 1.55. The third-order valence-electron chi connectivity index (χ3n) is 5.71. The van der Waals surface area contributed by atoms with Crippen LogP contribution in [0.3, 0.4) is 0 Å². The van der Waals surface area contributed by atoms with Crippen LogP contribution in [0.15, 0.2) is 31.0 Å². The van der Waals surface area contributed by atoms with Gasteiger partial charge < -0.3 is 9.80 Å². The number of rotatable bonds is 7. The molecule has 8 heteroatoms. The highest BCUT2D eigenvalue weighted by Crippen LogP contribution is 2.26. The fourth-order valence-electron chi connectivity index (χ4n) is 3.68. The lowest BCUT2D eigenvalue weighted by atomic mass is 9.84. The van der Waals surface area contributed by atoms with E-state index in [9.17, 15) is 9.59 Å². The number of pyridine rings is 1. The van der Waals surface area contributed by atoms with E-state index >= 15 is 0 Å². The Morgan fingerprint density at radius 3 is 2.72 bits per heavy atom. The molecule has 1 aliphatic rings. The second kappa shape index (κ2) is 8.71. The van der Waals surface area contributed by atoms with Crippen LogP contribution in [-0.2, 0) is 17.8 Å². The second-order valence-electron chi connectivity index (χ2n) is 8.61. The Labute approximate surface area is 171 Å². The first-order valence-corrected chi connectivity index (χ1v) is 10.1. The van der Waals surface area contributed by atoms with Gasteiger partial charge in [0.2, 0.25) is 5.91 Å². The van der Waals surface area contributed by atoms with E-state index in [1.54, 1.807) is 37.7 Å². The van der Waals surface area contributed by atoms with E-state index in [0.29, 0.717) is 18.7 Å². The molecule has 2 aromatic rings. The van der Waals surface area contributed by atoms with E-state index in [0.717, 1.165) is 31.5 Å². The van der Waals surface area contributed by atoms with Gasteiger partial charge in [0.15, 0.2) is 0 Å². The molecule has 0 radical (unpaired) electrons. The zero-order valence-electron chi connectivity index (χ0n) is 17.7. The van der Waals surface area contributed by atoms with E-state index < -0.39 is 0 Å². The molecule has 8 nitrogen and oxygen atoms in total. The van der Waals surface area contributed by atoms with E-state index in [2.05, 4.69) is 28.9 Å². The fourth-order valence-corrected chi connectivity index (χ4v) is 3.68. The maximum absolute atomic E-state index is 12.8. The minimum atomic E-state index is -0.0195. The van der Waals surface area contributed by atoms with Gasteiger partial charge in [0.1, 0.15) is 12.7 Å². The summed E-state index contributed by atoms with van der Waals surface area (Å²) in [6.45, 7) is 8.03. The van der Waals surface area contributed by atoms with Gasteiger partial charge in [-0.05, 0) is 36.8 Å². The lowest BCUT2D eigenvalue weighted by Crippen LogP contribution is -2.38. The first kappa shape index (κ1) is 21.0. The predicted octanol–water partition coefficient (Wildman–Crippen LogP) is 2.02. The first-order valence-electron chi connectivity index (χ1n) is 10.1. The van der Waals surface area contributed by atoms with Crippen LogP contribution in [0, 0.1) is 5.41 Å². The smallest absolute Gasteiger partial charge is 0.255 e. The van der Waals surface area contributed by atoms with Crippen molar-refractivity contribution >= 4 is 11.8 Å². The zero-order chi connectivity index (χ0) is 21.0. The molecule has 1 fully saturated rings. The van der Waals surface area contributed by atoms with Gasteiger partial charge in [-0.1, -0.05) is 13.8 Å². The average molecular weight is 399 g/mol. The van der Waals surface area contributed by atoms with Crippen LogP contribution in [0.5, 0.6) is 0 Å². The SMILES string of the molecule is CC(=O)N(C)[C@H]1CCN(C(=O)c2ccc(CC(C)(C)CCn3cncn3)nc2)C1. The van der Waals surface area contributed by atoms with Gasteiger partial charge >= 0.3 is 0 Å². The van der Waals surface area contributed by atoms with Crippen LogP contribution < -0.4 is 0 Å². The number of hydrogen-bond donors (Lipinski definition) is 0. The van der Waals surface area contributed by atoms with E-state index in [-0.39, 0.29) is 23.3 Å². The van der Waals surface area contributed by atoms with Crippen LogP contribution >= 0.6 is 0 Å². The summed E-state index contributed by atoms with van der Waals surface area (Å²) >= 11 is 0. The Morgan fingerprint density at radius 1 is 1.31 bits per heavy atom. The molecule has 0 N–H and O–H groups in total. The highest BCUT2D eigenvalue weighted by Gasteiger charge is 2.30. The number of hydrogen-bond acceptors (Lipinski definition) is 5. The lowest BCUT2D eigenvalue weighted by Gasteiger charge is -2.24. The van der Waals surface area contributed by atoms with Crippen molar-refractivity contribution in [3.63, 3.8) is 0 Å². The summed E-state index contributed by atoms with van der Waals surface area (Å²) in [6, 6.07) is 3.90. The van der Waals surface area contributed by atoms with Gasteiger partial charge in [-0.25, -0.2) is 4.98 Å². The quantitative estimate of drug-likeness (QED) is 0.712. The molecule has 0 aromatic carbocycles. The molecule has 1 atom stereocenters. The summed E-state index contributed by atoms with van der Waals surface area (Å²) < 4.78 is 1.84. The van der Waals surface area contributed by atoms with Crippen molar-refractivity contribution in [3.05, 3.63) is 42.2 Å². The third kappa shape index (κ3) is 5.40. The number of likely N-dealkylation sites (tertiary alicyclic amines) is 1. The molecule has 1 aliphatic heterocycles. The number of carbonyl (C=O) groups excluding carboxylic acids is 2. The molecule has 3 rings (SSSR count). The maximum atomic E-state index is 12.8. The molecule has 0 unspecified atom stereocenters. The predicted molar refractivity (Wildman–Crippen MR) is 109 cm³/mol. The third-order valence-corrected chi connectivity index (χ3v) is 5.71. The van der Waals surface area contributed by atoms with Crippen molar-refractivity contribution < 1.29 is 9.59 Å². The molecule has 156 valence electrons. The fraction of sp³-hybridized carbons (Fsp3) is 0.571. The molecule has 0 saturated carbocycles. The van der Waals surface area contributed by atoms with Crippen LogP contribution in [0.2, 0.25) is 0 Å². The largest absolute Gasteiger partial charge is 0.341 e. The first-order chi connectivity index (χ1) is 13.7. The highest BCUT2D eigenvalue weighted by atomic mass is 16.2. The van der Waals surface area contributed by atoms with Gasteiger partial charge in [0, 0.05) is 45.5 Å². The van der Waals surface area contributed by atoms with E-state index in [1.807, 2.05) is 21.7 Å². The molecule has 3 heterocycles. The van der Waals surface area contributed by atoms with E-state index in [4.69, 9.17) is 0 Å². The molecule has 0 aliphatic carbocycles. The van der Waals surface area contributed by atoms with Gasteiger partial charge in [-0.2, -0.15) is 5.10 Å². The van der Waals surface area contributed by atoms with Crippen LogP contribution in [0.4, 0.5) is 0 Å². The van der Waals surface area contributed by atoms with Crippen molar-refractivity contribution in [2.75, 3.05) is 20.1 Å². The molecule has 0 bridgehead atoms. The maximum Gasteiger partial charge on any atom is 0.255 e. The highest BCUT2D eigenvalue weighted by molar-refractivity contribution is 5.94. The molecule has 1 saturated heterocycles. The topological polar surface area (TPSA) is 84.2 Å². The number of carbonyl (C=O) groups is 2. The summed E-state index contributed by atoms with van der Waals surface area (Å²) in [5.41, 5.74) is 1.63. The summed E-state index contributed by atoms with van der Waals surface area (Å²) in [4.78, 5) is 36.4. The molecular weight excluding hydrogens is 368 g/mol. The second-order valence-corrected chi connectivity index (χ2v) is 8.61. The van der Waals surface area contributed by atoms with Crippen LogP contribution in [0.1, 0.15) is 49.7 Å². The zero-order valence-corrected chi connectivity index (χ0v) is 17.7. The number of aromatic nitrogens is 4. The monoisotopic (exact) mass is 398 g/mol. The Bertz CT molecular complexity index is 831. The molecule has 29 heavy (non-hydrogen) atoms.